The minimum atomic E-state index is -0.444. The Balaban J connectivity index is 2.81. The minimum Gasteiger partial charge on any atom is -0.349 e. The summed E-state index contributed by atoms with van der Waals surface area (Å²) in [5.41, 5.74) is 6.44. The molecule has 1 unspecified atom stereocenters. The highest BCUT2D eigenvalue weighted by molar-refractivity contribution is 9.10. The number of halogens is 1. The number of rotatable bonds is 6. The molecular formula is C15H23BrN2O. The Bertz CT molecular complexity index is 422. The van der Waals surface area contributed by atoms with Crippen LogP contribution in [-0.2, 0) is 4.79 Å². The molecule has 1 aromatic rings. The lowest BCUT2D eigenvalue weighted by atomic mass is 9.81. The van der Waals surface area contributed by atoms with Gasteiger partial charge in [-0.05, 0) is 37.5 Å². The summed E-state index contributed by atoms with van der Waals surface area (Å²) in [5, 5.41) is 3.08. The van der Waals surface area contributed by atoms with Crippen LogP contribution in [0, 0.1) is 5.41 Å². The lowest BCUT2D eigenvalue weighted by Gasteiger charge is -2.30. The standard InChI is InChI=1S/C15H23BrN2O/c1-4-15(5-2,10-17)14(19)18-11(3)12-7-6-8-13(16)9-12/h6-9,11H,4-5,10,17H2,1-3H3,(H,18,19). The van der Waals surface area contributed by atoms with Crippen LogP contribution >= 0.6 is 15.9 Å². The Morgan fingerprint density at radius 2 is 2.05 bits per heavy atom. The molecular weight excluding hydrogens is 304 g/mol. The molecule has 1 amide bonds. The molecule has 0 fully saturated rings. The van der Waals surface area contributed by atoms with Gasteiger partial charge in [-0.2, -0.15) is 0 Å². The van der Waals surface area contributed by atoms with Gasteiger partial charge in [0.25, 0.3) is 0 Å². The van der Waals surface area contributed by atoms with Gasteiger partial charge in [0.2, 0.25) is 5.91 Å². The van der Waals surface area contributed by atoms with Crippen LogP contribution in [0.4, 0.5) is 0 Å². The average Bonchev–Trinajstić information content (AvgIpc) is 2.41. The van der Waals surface area contributed by atoms with Gasteiger partial charge in [-0.15, -0.1) is 0 Å². The third-order valence-electron chi connectivity index (χ3n) is 3.92. The highest BCUT2D eigenvalue weighted by atomic mass is 79.9. The molecule has 0 aromatic heterocycles. The Labute approximate surface area is 124 Å². The summed E-state index contributed by atoms with van der Waals surface area (Å²) < 4.78 is 1.02. The van der Waals surface area contributed by atoms with Gasteiger partial charge < -0.3 is 11.1 Å². The van der Waals surface area contributed by atoms with E-state index in [4.69, 9.17) is 5.73 Å². The fourth-order valence-corrected chi connectivity index (χ4v) is 2.58. The summed E-state index contributed by atoms with van der Waals surface area (Å²) in [5.74, 6) is 0.0486. The molecule has 0 saturated carbocycles. The molecule has 4 heteroatoms. The summed E-state index contributed by atoms with van der Waals surface area (Å²) >= 11 is 3.44. The number of carbonyl (C=O) groups is 1. The van der Waals surface area contributed by atoms with Crippen LogP contribution in [0.15, 0.2) is 28.7 Å². The number of benzene rings is 1. The molecule has 0 spiro atoms. The van der Waals surface area contributed by atoms with E-state index >= 15 is 0 Å². The lowest BCUT2D eigenvalue weighted by molar-refractivity contribution is -0.131. The molecule has 0 aliphatic rings. The van der Waals surface area contributed by atoms with Crippen molar-refractivity contribution in [2.24, 2.45) is 11.1 Å². The SMILES string of the molecule is CCC(CC)(CN)C(=O)NC(C)c1cccc(Br)c1. The van der Waals surface area contributed by atoms with Gasteiger partial charge in [0.15, 0.2) is 0 Å². The van der Waals surface area contributed by atoms with Gasteiger partial charge >= 0.3 is 0 Å². The molecule has 1 aromatic carbocycles. The van der Waals surface area contributed by atoms with Crippen molar-refractivity contribution in [1.82, 2.24) is 5.32 Å². The highest BCUT2D eigenvalue weighted by Gasteiger charge is 2.33. The highest BCUT2D eigenvalue weighted by Crippen LogP contribution is 2.27. The van der Waals surface area contributed by atoms with Crippen LogP contribution in [0.5, 0.6) is 0 Å². The van der Waals surface area contributed by atoms with Crippen LogP contribution in [0.2, 0.25) is 0 Å². The van der Waals surface area contributed by atoms with Gasteiger partial charge in [0.1, 0.15) is 0 Å². The maximum absolute atomic E-state index is 12.4. The number of hydrogen-bond acceptors (Lipinski definition) is 2. The van der Waals surface area contributed by atoms with E-state index in [1.165, 1.54) is 0 Å². The van der Waals surface area contributed by atoms with Crippen molar-refractivity contribution in [2.75, 3.05) is 6.54 Å². The monoisotopic (exact) mass is 326 g/mol. The first-order chi connectivity index (χ1) is 8.99. The Hall–Kier alpha value is -0.870. The van der Waals surface area contributed by atoms with Crippen molar-refractivity contribution in [1.29, 1.82) is 0 Å². The van der Waals surface area contributed by atoms with Crippen molar-refractivity contribution in [2.45, 2.75) is 39.7 Å². The number of nitrogens with one attached hydrogen (secondary N) is 1. The molecule has 0 radical (unpaired) electrons. The second-order valence-corrected chi connectivity index (χ2v) is 5.86. The number of hydrogen-bond donors (Lipinski definition) is 2. The van der Waals surface area contributed by atoms with E-state index < -0.39 is 5.41 Å². The molecule has 0 aliphatic carbocycles. The maximum Gasteiger partial charge on any atom is 0.227 e. The molecule has 0 heterocycles. The number of carbonyl (C=O) groups excluding carboxylic acids is 1. The van der Waals surface area contributed by atoms with E-state index in [-0.39, 0.29) is 11.9 Å². The third-order valence-corrected chi connectivity index (χ3v) is 4.42. The van der Waals surface area contributed by atoms with E-state index in [1.807, 2.05) is 45.0 Å². The maximum atomic E-state index is 12.4. The molecule has 19 heavy (non-hydrogen) atoms. The summed E-state index contributed by atoms with van der Waals surface area (Å²) in [6.07, 6.45) is 1.52. The molecule has 3 N–H and O–H groups in total. The van der Waals surface area contributed by atoms with Crippen molar-refractivity contribution >= 4 is 21.8 Å². The summed E-state index contributed by atoms with van der Waals surface area (Å²) in [6.45, 7) is 6.41. The molecule has 106 valence electrons. The van der Waals surface area contributed by atoms with Crippen LogP contribution in [0.3, 0.4) is 0 Å². The zero-order valence-electron chi connectivity index (χ0n) is 11.9. The largest absolute Gasteiger partial charge is 0.349 e. The first-order valence-corrected chi connectivity index (χ1v) is 7.55. The van der Waals surface area contributed by atoms with E-state index in [1.54, 1.807) is 0 Å². The predicted molar refractivity (Wildman–Crippen MR) is 82.8 cm³/mol. The Kier molecular flexibility index (Phi) is 6.01. The van der Waals surface area contributed by atoms with Gasteiger partial charge in [0, 0.05) is 11.0 Å². The van der Waals surface area contributed by atoms with E-state index in [0.29, 0.717) is 6.54 Å². The normalized spacial score (nSPS) is 13.1. The van der Waals surface area contributed by atoms with Crippen molar-refractivity contribution in [3.05, 3.63) is 34.3 Å². The van der Waals surface area contributed by atoms with Crippen LogP contribution in [0.1, 0.15) is 45.2 Å². The lowest BCUT2D eigenvalue weighted by Crippen LogP contribution is -2.46. The van der Waals surface area contributed by atoms with Crippen LogP contribution in [-0.4, -0.2) is 12.5 Å². The third kappa shape index (κ3) is 3.80. The topological polar surface area (TPSA) is 55.1 Å². The van der Waals surface area contributed by atoms with Gasteiger partial charge in [-0.3, -0.25) is 4.79 Å². The van der Waals surface area contributed by atoms with Crippen molar-refractivity contribution < 1.29 is 4.79 Å². The molecule has 1 rings (SSSR count). The summed E-state index contributed by atoms with van der Waals surface area (Å²) in [7, 11) is 0. The molecule has 0 aliphatic heterocycles. The number of nitrogens with two attached hydrogens (primary N) is 1. The van der Waals surface area contributed by atoms with Crippen LogP contribution in [0.25, 0.3) is 0 Å². The summed E-state index contributed by atoms with van der Waals surface area (Å²) in [6, 6.07) is 7.96. The van der Waals surface area contributed by atoms with Crippen LogP contribution < -0.4 is 11.1 Å². The first kappa shape index (κ1) is 16.2. The van der Waals surface area contributed by atoms with E-state index in [0.717, 1.165) is 22.9 Å². The first-order valence-electron chi connectivity index (χ1n) is 6.75. The smallest absolute Gasteiger partial charge is 0.227 e. The van der Waals surface area contributed by atoms with Gasteiger partial charge in [-0.1, -0.05) is 41.9 Å². The Morgan fingerprint density at radius 3 is 2.53 bits per heavy atom. The molecule has 1 atom stereocenters. The Morgan fingerprint density at radius 1 is 1.42 bits per heavy atom. The molecule has 3 nitrogen and oxygen atoms in total. The zero-order chi connectivity index (χ0) is 14.5. The van der Waals surface area contributed by atoms with Crippen molar-refractivity contribution in [3.63, 3.8) is 0 Å². The second kappa shape index (κ2) is 7.06. The average molecular weight is 327 g/mol. The van der Waals surface area contributed by atoms with Crippen molar-refractivity contribution in [3.8, 4) is 0 Å². The van der Waals surface area contributed by atoms with E-state index in [2.05, 4.69) is 21.2 Å². The fraction of sp³-hybridized carbons (Fsp3) is 0.533. The zero-order valence-corrected chi connectivity index (χ0v) is 13.5. The van der Waals surface area contributed by atoms with E-state index in [9.17, 15) is 4.79 Å². The summed E-state index contributed by atoms with van der Waals surface area (Å²) in [4.78, 5) is 12.4. The van der Waals surface area contributed by atoms with Gasteiger partial charge in [0.05, 0.1) is 11.5 Å². The fourth-order valence-electron chi connectivity index (χ4n) is 2.16. The predicted octanol–water partition coefficient (Wildman–Crippen LogP) is 3.39. The quantitative estimate of drug-likeness (QED) is 0.841. The van der Waals surface area contributed by atoms with Gasteiger partial charge in [-0.25, -0.2) is 0 Å². The minimum absolute atomic E-state index is 0.0194. The molecule has 0 bridgehead atoms. The molecule has 0 saturated heterocycles. The second-order valence-electron chi connectivity index (χ2n) is 4.94. The number of amides is 1.